The van der Waals surface area contributed by atoms with Gasteiger partial charge < -0.3 is 14.7 Å². The summed E-state index contributed by atoms with van der Waals surface area (Å²) in [6, 6.07) is 1.80. The van der Waals surface area contributed by atoms with Crippen molar-refractivity contribution in [1.82, 2.24) is 9.97 Å². The topological polar surface area (TPSA) is 58.5 Å². The van der Waals surface area contributed by atoms with Crippen molar-refractivity contribution in [3.63, 3.8) is 0 Å². The Balaban J connectivity index is 2.23. The molecule has 1 aromatic heterocycles. The largest absolute Gasteiger partial charge is 0.390 e. The molecule has 2 heterocycles. The number of ether oxygens (including phenoxy) is 1. The van der Waals surface area contributed by atoms with E-state index >= 15 is 0 Å². The van der Waals surface area contributed by atoms with E-state index in [4.69, 9.17) is 9.84 Å². The highest BCUT2D eigenvalue weighted by Gasteiger charge is 2.24. The van der Waals surface area contributed by atoms with Gasteiger partial charge in [-0.05, 0) is 26.8 Å². The second-order valence-electron chi connectivity index (χ2n) is 4.62. The smallest absolute Gasteiger partial charge is 0.226 e. The lowest BCUT2D eigenvalue weighted by atomic mass is 10.2. The molecule has 94 valence electrons. The van der Waals surface area contributed by atoms with E-state index in [2.05, 4.69) is 14.9 Å². The lowest BCUT2D eigenvalue weighted by molar-refractivity contribution is -0.00575. The van der Waals surface area contributed by atoms with Crippen LogP contribution in [-0.2, 0) is 11.3 Å². The second-order valence-corrected chi connectivity index (χ2v) is 4.62. The Morgan fingerprint density at radius 3 is 2.59 bits per heavy atom. The molecule has 1 fully saturated rings. The highest BCUT2D eigenvalue weighted by molar-refractivity contribution is 5.33. The third kappa shape index (κ3) is 2.92. The van der Waals surface area contributed by atoms with Gasteiger partial charge in [-0.25, -0.2) is 9.97 Å². The Kier molecular flexibility index (Phi) is 3.59. The summed E-state index contributed by atoms with van der Waals surface area (Å²) in [6.07, 6.45) is 0.362. The number of anilines is 1. The number of hydrogen-bond donors (Lipinski definition) is 1. The van der Waals surface area contributed by atoms with Crippen LogP contribution in [0.5, 0.6) is 0 Å². The lowest BCUT2D eigenvalue weighted by Crippen LogP contribution is -2.46. The maximum atomic E-state index is 9.16. The predicted octanol–water partition coefficient (Wildman–Crippen LogP) is 0.891. The molecule has 0 aliphatic carbocycles. The summed E-state index contributed by atoms with van der Waals surface area (Å²) < 4.78 is 5.68. The Labute approximate surface area is 101 Å². The molecule has 0 unspecified atom stereocenters. The van der Waals surface area contributed by atoms with E-state index in [-0.39, 0.29) is 18.8 Å². The van der Waals surface area contributed by atoms with Gasteiger partial charge in [0.15, 0.2) is 0 Å². The summed E-state index contributed by atoms with van der Waals surface area (Å²) in [5.41, 5.74) is 1.55. The summed E-state index contributed by atoms with van der Waals surface area (Å²) in [5.74, 6) is 0.691. The molecule has 1 aromatic rings. The Morgan fingerprint density at radius 1 is 1.35 bits per heavy atom. The summed E-state index contributed by atoms with van der Waals surface area (Å²) in [7, 11) is 0. The Hall–Kier alpha value is -1.20. The molecule has 2 atom stereocenters. The summed E-state index contributed by atoms with van der Waals surface area (Å²) in [5, 5.41) is 9.16. The van der Waals surface area contributed by atoms with Crippen molar-refractivity contribution in [1.29, 1.82) is 0 Å². The maximum absolute atomic E-state index is 9.16. The molecule has 17 heavy (non-hydrogen) atoms. The van der Waals surface area contributed by atoms with Gasteiger partial charge >= 0.3 is 0 Å². The van der Waals surface area contributed by atoms with Crippen LogP contribution in [0.25, 0.3) is 0 Å². The van der Waals surface area contributed by atoms with E-state index in [0.717, 1.165) is 18.8 Å². The number of nitrogens with zero attached hydrogens (tertiary/aromatic N) is 3. The fourth-order valence-corrected chi connectivity index (χ4v) is 2.18. The minimum absolute atomic E-state index is 0.0498. The van der Waals surface area contributed by atoms with Crippen LogP contribution in [0.15, 0.2) is 6.07 Å². The second kappa shape index (κ2) is 4.98. The van der Waals surface area contributed by atoms with Crippen molar-refractivity contribution >= 4 is 5.95 Å². The number of morpholine rings is 1. The van der Waals surface area contributed by atoms with Gasteiger partial charge in [0.05, 0.1) is 24.5 Å². The van der Waals surface area contributed by atoms with Crippen molar-refractivity contribution in [2.75, 3.05) is 18.0 Å². The van der Waals surface area contributed by atoms with Crippen molar-refractivity contribution in [3.8, 4) is 0 Å². The molecule has 0 spiro atoms. The minimum atomic E-state index is -0.0498. The molecule has 1 saturated heterocycles. The van der Waals surface area contributed by atoms with Gasteiger partial charge in [0.25, 0.3) is 0 Å². The number of rotatable bonds is 2. The molecule has 0 radical (unpaired) electrons. The number of aliphatic hydroxyl groups excluding tert-OH is 1. The van der Waals surface area contributed by atoms with Crippen LogP contribution in [0.4, 0.5) is 5.95 Å². The highest BCUT2D eigenvalue weighted by atomic mass is 16.5. The fraction of sp³-hybridized carbons (Fsp3) is 0.667. The van der Waals surface area contributed by atoms with E-state index in [9.17, 15) is 0 Å². The average molecular weight is 237 g/mol. The first-order chi connectivity index (χ1) is 8.08. The van der Waals surface area contributed by atoms with Gasteiger partial charge in [-0.1, -0.05) is 0 Å². The number of hydrogen-bond acceptors (Lipinski definition) is 5. The molecule has 0 saturated carbocycles. The molecular weight excluding hydrogens is 218 g/mol. The molecule has 5 heteroatoms. The highest BCUT2D eigenvalue weighted by Crippen LogP contribution is 2.17. The summed E-state index contributed by atoms with van der Waals surface area (Å²) in [6.45, 7) is 7.54. The van der Waals surface area contributed by atoms with Crippen LogP contribution in [-0.4, -0.2) is 40.4 Å². The molecule has 5 nitrogen and oxygen atoms in total. The van der Waals surface area contributed by atoms with Crippen molar-refractivity contribution in [3.05, 3.63) is 17.5 Å². The van der Waals surface area contributed by atoms with Crippen molar-refractivity contribution in [2.24, 2.45) is 0 Å². The first-order valence-corrected chi connectivity index (χ1v) is 5.94. The number of aromatic nitrogens is 2. The Bertz CT molecular complexity index is 387. The lowest BCUT2D eigenvalue weighted by Gasteiger charge is -2.35. The first kappa shape index (κ1) is 12.3. The zero-order valence-corrected chi connectivity index (χ0v) is 10.6. The maximum Gasteiger partial charge on any atom is 0.226 e. The van der Waals surface area contributed by atoms with Gasteiger partial charge in [0.1, 0.15) is 0 Å². The number of aryl methyl sites for hydroxylation is 1. The van der Waals surface area contributed by atoms with Crippen LogP contribution in [0.1, 0.15) is 25.2 Å². The summed E-state index contributed by atoms with van der Waals surface area (Å²) in [4.78, 5) is 10.9. The molecule has 0 aromatic carbocycles. The molecule has 1 N–H and O–H groups in total. The normalized spacial score (nSPS) is 25.1. The Morgan fingerprint density at radius 2 is 2.00 bits per heavy atom. The third-order valence-electron chi connectivity index (χ3n) is 2.76. The molecule has 1 aliphatic rings. The third-order valence-corrected chi connectivity index (χ3v) is 2.76. The molecule has 1 aliphatic heterocycles. The molecule has 0 bridgehead atoms. The van der Waals surface area contributed by atoms with Crippen LogP contribution < -0.4 is 4.90 Å². The van der Waals surface area contributed by atoms with Crippen LogP contribution >= 0.6 is 0 Å². The van der Waals surface area contributed by atoms with Gasteiger partial charge in [-0.2, -0.15) is 0 Å². The van der Waals surface area contributed by atoms with Gasteiger partial charge in [0, 0.05) is 18.8 Å². The average Bonchev–Trinajstić information content (AvgIpc) is 2.26. The zero-order valence-electron chi connectivity index (χ0n) is 10.6. The standard InChI is InChI=1S/C12H19N3O2/c1-8-4-11(7-16)14-12(13-8)15-5-9(2)17-10(3)6-15/h4,9-10,16H,5-7H2,1-3H3/t9-,10+. The van der Waals surface area contributed by atoms with Crippen LogP contribution in [0, 0.1) is 6.92 Å². The van der Waals surface area contributed by atoms with Crippen molar-refractivity contribution < 1.29 is 9.84 Å². The zero-order chi connectivity index (χ0) is 12.4. The van der Waals surface area contributed by atoms with Gasteiger partial charge in [0.2, 0.25) is 5.95 Å². The fourth-order valence-electron chi connectivity index (χ4n) is 2.18. The SMILES string of the molecule is Cc1cc(CO)nc(N2C[C@@H](C)O[C@@H](C)C2)n1. The van der Waals surface area contributed by atoms with E-state index in [1.54, 1.807) is 6.07 Å². The van der Waals surface area contributed by atoms with Crippen LogP contribution in [0.3, 0.4) is 0 Å². The minimum Gasteiger partial charge on any atom is -0.390 e. The summed E-state index contributed by atoms with van der Waals surface area (Å²) >= 11 is 0. The quantitative estimate of drug-likeness (QED) is 0.828. The molecular formula is C12H19N3O2. The molecule has 0 amide bonds. The number of aliphatic hydroxyl groups is 1. The predicted molar refractivity (Wildman–Crippen MR) is 64.9 cm³/mol. The van der Waals surface area contributed by atoms with Crippen LogP contribution in [0.2, 0.25) is 0 Å². The van der Waals surface area contributed by atoms with Crippen molar-refractivity contribution in [2.45, 2.75) is 39.6 Å². The first-order valence-electron chi connectivity index (χ1n) is 5.94. The van der Waals surface area contributed by atoms with Gasteiger partial charge in [-0.3, -0.25) is 0 Å². The van der Waals surface area contributed by atoms with Gasteiger partial charge in [-0.15, -0.1) is 0 Å². The van der Waals surface area contributed by atoms with E-state index in [1.165, 1.54) is 0 Å². The van der Waals surface area contributed by atoms with E-state index in [0.29, 0.717) is 11.6 Å². The van der Waals surface area contributed by atoms with E-state index < -0.39 is 0 Å². The monoisotopic (exact) mass is 237 g/mol. The van der Waals surface area contributed by atoms with E-state index in [1.807, 2.05) is 20.8 Å². The molecule has 2 rings (SSSR count).